The molecule has 0 spiro atoms. The average Bonchev–Trinajstić information content (AvgIpc) is 2.51. The molecule has 1 heterocycles. The monoisotopic (exact) mass is 272 g/mol. The molecule has 2 nitrogen and oxygen atoms in total. The van der Waals surface area contributed by atoms with E-state index < -0.39 is 0 Å². The number of nitrogens with zero attached hydrogens (tertiary/aromatic N) is 2. The molecule has 0 aliphatic carbocycles. The van der Waals surface area contributed by atoms with Crippen molar-refractivity contribution in [1.29, 1.82) is 0 Å². The molecular weight excluding hydrogens is 252 g/mol. The highest BCUT2D eigenvalue weighted by Crippen LogP contribution is 2.24. The molecule has 1 aromatic heterocycles. The molecule has 0 aromatic carbocycles. The molecule has 0 aliphatic heterocycles. The lowest BCUT2D eigenvalue weighted by atomic mass is 9.89. The highest BCUT2D eigenvalue weighted by atomic mass is 79.9. The van der Waals surface area contributed by atoms with Gasteiger partial charge in [0.2, 0.25) is 0 Å². The largest absolute Gasteiger partial charge is 0.267 e. The Balaban J connectivity index is 2.78. The summed E-state index contributed by atoms with van der Waals surface area (Å²) in [6.07, 6.45) is 5.20. The average molecular weight is 273 g/mol. The van der Waals surface area contributed by atoms with Gasteiger partial charge >= 0.3 is 0 Å². The maximum absolute atomic E-state index is 4.41. The van der Waals surface area contributed by atoms with Gasteiger partial charge < -0.3 is 0 Å². The minimum Gasteiger partial charge on any atom is -0.267 e. The maximum atomic E-state index is 4.41. The van der Waals surface area contributed by atoms with Crippen LogP contribution >= 0.6 is 15.9 Å². The smallest absolute Gasteiger partial charge is 0.0543 e. The summed E-state index contributed by atoms with van der Waals surface area (Å²) in [4.78, 5) is 0. The van der Waals surface area contributed by atoms with E-state index in [2.05, 4.69) is 61.8 Å². The fourth-order valence-corrected chi connectivity index (χ4v) is 1.62. The number of hydrogen-bond acceptors (Lipinski definition) is 1. The van der Waals surface area contributed by atoms with E-state index in [0.29, 0.717) is 5.41 Å². The number of halogens is 1. The highest BCUT2D eigenvalue weighted by Gasteiger charge is 2.19. The van der Waals surface area contributed by atoms with E-state index in [1.807, 2.05) is 10.9 Å². The topological polar surface area (TPSA) is 17.8 Å². The molecule has 0 unspecified atom stereocenters. The first kappa shape index (κ1) is 12.8. The Morgan fingerprint density at radius 3 is 2.27 bits per heavy atom. The summed E-state index contributed by atoms with van der Waals surface area (Å²) < 4.78 is 2.03. The van der Waals surface area contributed by atoms with Crippen molar-refractivity contribution >= 4 is 15.9 Å². The first-order valence-corrected chi connectivity index (χ1v) is 6.47. The Labute approximate surface area is 101 Å². The van der Waals surface area contributed by atoms with Gasteiger partial charge in [0.1, 0.15) is 0 Å². The summed E-state index contributed by atoms with van der Waals surface area (Å²) in [6, 6.07) is 0. The van der Waals surface area contributed by atoms with Crippen molar-refractivity contribution in [3.05, 3.63) is 18.0 Å². The molecule has 3 heteroatoms. The van der Waals surface area contributed by atoms with Crippen LogP contribution in [-0.4, -0.2) is 15.1 Å². The molecule has 0 aliphatic rings. The molecule has 1 rings (SSSR count). The Bertz CT molecular complexity index is 321. The SMILES string of the molecule is CC(C)(CBr)Cc1cnn(C(C)(C)C)c1. The molecule has 15 heavy (non-hydrogen) atoms. The van der Waals surface area contributed by atoms with Crippen LogP contribution < -0.4 is 0 Å². The first-order chi connectivity index (χ1) is 6.74. The van der Waals surface area contributed by atoms with Gasteiger partial charge in [-0.05, 0) is 38.2 Å². The van der Waals surface area contributed by atoms with Crippen molar-refractivity contribution in [2.45, 2.75) is 46.6 Å². The Hall–Kier alpha value is -0.310. The van der Waals surface area contributed by atoms with E-state index in [0.717, 1.165) is 11.8 Å². The van der Waals surface area contributed by atoms with Gasteiger partial charge in [-0.3, -0.25) is 4.68 Å². The zero-order valence-electron chi connectivity index (χ0n) is 10.3. The van der Waals surface area contributed by atoms with Gasteiger partial charge in [0.05, 0.1) is 11.7 Å². The third-order valence-electron chi connectivity index (χ3n) is 2.37. The summed E-state index contributed by atoms with van der Waals surface area (Å²) in [5, 5.41) is 5.42. The maximum Gasteiger partial charge on any atom is 0.0543 e. The second-order valence-corrected chi connectivity index (χ2v) is 6.50. The van der Waals surface area contributed by atoms with Crippen molar-refractivity contribution in [3.8, 4) is 0 Å². The second-order valence-electron chi connectivity index (χ2n) is 5.94. The van der Waals surface area contributed by atoms with E-state index in [1.165, 1.54) is 5.56 Å². The molecule has 0 atom stereocenters. The number of rotatable bonds is 3. The lowest BCUT2D eigenvalue weighted by molar-refractivity contribution is 0.354. The van der Waals surface area contributed by atoms with E-state index in [-0.39, 0.29) is 5.54 Å². The molecule has 0 saturated carbocycles. The van der Waals surface area contributed by atoms with Gasteiger partial charge in [0.25, 0.3) is 0 Å². The van der Waals surface area contributed by atoms with E-state index in [1.54, 1.807) is 0 Å². The predicted octanol–water partition coefficient (Wildman–Crippen LogP) is 3.60. The molecule has 0 fully saturated rings. The Morgan fingerprint density at radius 2 is 1.87 bits per heavy atom. The summed E-state index contributed by atoms with van der Waals surface area (Å²) >= 11 is 3.55. The Kier molecular flexibility index (Phi) is 3.64. The molecule has 0 N–H and O–H groups in total. The number of alkyl halides is 1. The van der Waals surface area contributed by atoms with Crippen LogP contribution in [0.2, 0.25) is 0 Å². The molecule has 0 amide bonds. The lowest BCUT2D eigenvalue weighted by Crippen LogP contribution is -2.22. The number of aromatic nitrogens is 2. The van der Waals surface area contributed by atoms with Crippen LogP contribution in [-0.2, 0) is 12.0 Å². The summed E-state index contributed by atoms with van der Waals surface area (Å²) in [6.45, 7) is 11.0. The fraction of sp³-hybridized carbons (Fsp3) is 0.750. The third-order valence-corrected chi connectivity index (χ3v) is 3.89. The van der Waals surface area contributed by atoms with Gasteiger partial charge in [0, 0.05) is 11.5 Å². The molecular formula is C12H21BrN2. The van der Waals surface area contributed by atoms with Gasteiger partial charge in [0.15, 0.2) is 0 Å². The minimum absolute atomic E-state index is 0.0802. The van der Waals surface area contributed by atoms with Crippen LogP contribution in [0.25, 0.3) is 0 Å². The molecule has 0 bridgehead atoms. The Morgan fingerprint density at radius 1 is 1.27 bits per heavy atom. The van der Waals surface area contributed by atoms with Gasteiger partial charge in [-0.2, -0.15) is 5.10 Å². The summed E-state index contributed by atoms with van der Waals surface area (Å²) in [5.41, 5.74) is 1.69. The normalized spacial score (nSPS) is 13.2. The van der Waals surface area contributed by atoms with Crippen LogP contribution in [0.15, 0.2) is 12.4 Å². The summed E-state index contributed by atoms with van der Waals surface area (Å²) in [7, 11) is 0. The molecule has 0 saturated heterocycles. The van der Waals surface area contributed by atoms with Crippen LogP contribution in [0.1, 0.15) is 40.2 Å². The van der Waals surface area contributed by atoms with Crippen molar-refractivity contribution in [3.63, 3.8) is 0 Å². The van der Waals surface area contributed by atoms with Crippen LogP contribution in [0.3, 0.4) is 0 Å². The second kappa shape index (κ2) is 4.28. The van der Waals surface area contributed by atoms with E-state index in [4.69, 9.17) is 0 Å². The quantitative estimate of drug-likeness (QED) is 0.769. The van der Waals surface area contributed by atoms with Gasteiger partial charge in [-0.25, -0.2) is 0 Å². The van der Waals surface area contributed by atoms with Gasteiger partial charge in [-0.1, -0.05) is 29.8 Å². The zero-order chi connectivity index (χ0) is 11.7. The standard InChI is InChI=1S/C12H21BrN2/c1-11(2,3)15-8-10(7-14-15)6-12(4,5)9-13/h7-8H,6,9H2,1-5H3. The van der Waals surface area contributed by atoms with Crippen molar-refractivity contribution in [2.24, 2.45) is 5.41 Å². The number of hydrogen-bond donors (Lipinski definition) is 0. The van der Waals surface area contributed by atoms with Gasteiger partial charge in [-0.15, -0.1) is 0 Å². The van der Waals surface area contributed by atoms with E-state index in [9.17, 15) is 0 Å². The fourth-order valence-electron chi connectivity index (χ4n) is 1.42. The van der Waals surface area contributed by atoms with Crippen LogP contribution in [0.4, 0.5) is 0 Å². The van der Waals surface area contributed by atoms with Crippen molar-refractivity contribution in [2.75, 3.05) is 5.33 Å². The molecule has 86 valence electrons. The van der Waals surface area contributed by atoms with Crippen molar-refractivity contribution in [1.82, 2.24) is 9.78 Å². The van der Waals surface area contributed by atoms with Crippen molar-refractivity contribution < 1.29 is 0 Å². The predicted molar refractivity (Wildman–Crippen MR) is 68.5 cm³/mol. The summed E-state index contributed by atoms with van der Waals surface area (Å²) in [5.74, 6) is 0. The lowest BCUT2D eigenvalue weighted by Gasteiger charge is -2.21. The first-order valence-electron chi connectivity index (χ1n) is 5.35. The highest BCUT2D eigenvalue weighted by molar-refractivity contribution is 9.09. The van der Waals surface area contributed by atoms with Crippen LogP contribution in [0, 0.1) is 5.41 Å². The third kappa shape index (κ3) is 3.63. The van der Waals surface area contributed by atoms with E-state index >= 15 is 0 Å². The molecule has 1 aromatic rings. The van der Waals surface area contributed by atoms with Crippen LogP contribution in [0.5, 0.6) is 0 Å². The molecule has 0 radical (unpaired) electrons. The zero-order valence-corrected chi connectivity index (χ0v) is 11.9. The minimum atomic E-state index is 0.0802.